The minimum Gasteiger partial charge on any atom is -0.314 e. The number of hydrogen-bond donors (Lipinski definition) is 0. The van der Waals surface area contributed by atoms with Gasteiger partial charge < -0.3 is 4.57 Å². The van der Waals surface area contributed by atoms with Gasteiger partial charge in [-0.25, -0.2) is 23.4 Å². The van der Waals surface area contributed by atoms with Gasteiger partial charge in [-0.1, -0.05) is 29.3 Å². The van der Waals surface area contributed by atoms with Crippen LogP contribution in [0.2, 0.25) is 5.15 Å². The first-order chi connectivity index (χ1) is 12.5. The van der Waals surface area contributed by atoms with E-state index in [0.29, 0.717) is 34.3 Å². The summed E-state index contributed by atoms with van der Waals surface area (Å²) in [6.07, 6.45) is 4.65. The molecular weight excluding hydrogens is 374 g/mol. The standard InChI is InChI=1S/C17H18ClN5O2S/c1-12-4-6-14(7-5-12)26(24,25)23-8-2-3-13(23)9-22-11-21-15-16(18)19-10-20-17(15)22/h4-7,10-11,13H,2-3,8-9H2,1H3/t13-/m1/s1. The van der Waals surface area contributed by atoms with E-state index < -0.39 is 10.0 Å². The van der Waals surface area contributed by atoms with Crippen LogP contribution in [0.1, 0.15) is 18.4 Å². The maximum Gasteiger partial charge on any atom is 0.243 e. The van der Waals surface area contributed by atoms with Gasteiger partial charge >= 0.3 is 0 Å². The fourth-order valence-electron chi connectivity index (χ4n) is 3.37. The van der Waals surface area contributed by atoms with Gasteiger partial charge in [-0.2, -0.15) is 4.31 Å². The molecule has 0 amide bonds. The summed E-state index contributed by atoms with van der Waals surface area (Å²) in [5.74, 6) is 0. The Kier molecular flexibility index (Phi) is 4.42. The summed E-state index contributed by atoms with van der Waals surface area (Å²) >= 11 is 6.05. The minimum absolute atomic E-state index is 0.146. The van der Waals surface area contributed by atoms with Crippen LogP contribution in [0.15, 0.2) is 41.8 Å². The van der Waals surface area contributed by atoms with Gasteiger partial charge in [0, 0.05) is 19.1 Å². The van der Waals surface area contributed by atoms with E-state index in [-0.39, 0.29) is 6.04 Å². The molecule has 1 aliphatic heterocycles. The number of nitrogens with zero attached hydrogens (tertiary/aromatic N) is 5. The SMILES string of the molecule is Cc1ccc(S(=O)(=O)N2CCC[C@@H]2Cn2cnc3c(Cl)ncnc32)cc1. The summed E-state index contributed by atoms with van der Waals surface area (Å²) < 4.78 is 29.5. The second-order valence-electron chi connectivity index (χ2n) is 6.46. The smallest absolute Gasteiger partial charge is 0.243 e. The third-order valence-corrected chi connectivity index (χ3v) is 6.96. The quantitative estimate of drug-likeness (QED) is 0.638. The van der Waals surface area contributed by atoms with Crippen molar-refractivity contribution in [1.82, 2.24) is 23.8 Å². The average molecular weight is 392 g/mol. The number of imidazole rings is 1. The van der Waals surface area contributed by atoms with E-state index in [0.717, 1.165) is 18.4 Å². The van der Waals surface area contributed by atoms with Gasteiger partial charge in [0.25, 0.3) is 0 Å². The molecule has 2 aromatic heterocycles. The first-order valence-corrected chi connectivity index (χ1v) is 10.2. The number of aryl methyl sites for hydroxylation is 1. The van der Waals surface area contributed by atoms with Gasteiger partial charge in [-0.15, -0.1) is 0 Å². The molecule has 0 unspecified atom stereocenters. The molecule has 1 aliphatic rings. The fourth-order valence-corrected chi connectivity index (χ4v) is 5.23. The van der Waals surface area contributed by atoms with E-state index in [2.05, 4.69) is 15.0 Å². The lowest BCUT2D eigenvalue weighted by molar-refractivity contribution is 0.354. The van der Waals surface area contributed by atoms with Crippen LogP contribution in [0.25, 0.3) is 11.2 Å². The Labute approximate surface area is 156 Å². The maximum absolute atomic E-state index is 13.1. The van der Waals surface area contributed by atoms with Gasteiger partial charge in [-0.05, 0) is 31.9 Å². The number of aromatic nitrogens is 4. The second-order valence-corrected chi connectivity index (χ2v) is 8.71. The molecule has 4 rings (SSSR count). The van der Waals surface area contributed by atoms with Crippen molar-refractivity contribution in [3.8, 4) is 0 Å². The molecule has 0 saturated carbocycles. The monoisotopic (exact) mass is 391 g/mol. The lowest BCUT2D eigenvalue weighted by Gasteiger charge is -2.24. The topological polar surface area (TPSA) is 81.0 Å². The predicted octanol–water partition coefficient (Wildman–Crippen LogP) is 2.64. The van der Waals surface area contributed by atoms with Crippen LogP contribution in [0.3, 0.4) is 0 Å². The zero-order chi connectivity index (χ0) is 18.3. The number of benzene rings is 1. The molecule has 136 valence electrons. The number of sulfonamides is 1. The summed E-state index contributed by atoms with van der Waals surface area (Å²) in [5, 5.41) is 0.296. The molecule has 3 heterocycles. The second kappa shape index (κ2) is 6.61. The molecule has 1 fully saturated rings. The lowest BCUT2D eigenvalue weighted by atomic mass is 10.2. The van der Waals surface area contributed by atoms with Gasteiger partial charge in [-0.3, -0.25) is 0 Å². The van der Waals surface area contributed by atoms with Crippen molar-refractivity contribution in [2.45, 2.75) is 37.2 Å². The molecule has 0 spiro atoms. The third-order valence-electron chi connectivity index (χ3n) is 4.71. The molecule has 26 heavy (non-hydrogen) atoms. The first kappa shape index (κ1) is 17.4. The molecule has 0 N–H and O–H groups in total. The molecule has 1 atom stereocenters. The minimum atomic E-state index is -3.53. The Bertz CT molecular complexity index is 1050. The van der Waals surface area contributed by atoms with Gasteiger partial charge in [0.15, 0.2) is 10.8 Å². The Morgan fingerprint density at radius 2 is 1.96 bits per heavy atom. The number of fused-ring (bicyclic) bond motifs is 1. The summed E-state index contributed by atoms with van der Waals surface area (Å²) in [6, 6.07) is 6.83. The van der Waals surface area contributed by atoms with Crippen molar-refractivity contribution in [3.05, 3.63) is 47.6 Å². The fraction of sp³-hybridized carbons (Fsp3) is 0.353. The Hall–Kier alpha value is -2.03. The zero-order valence-corrected chi connectivity index (χ0v) is 15.8. The van der Waals surface area contributed by atoms with Crippen LogP contribution < -0.4 is 0 Å². The summed E-state index contributed by atoms with van der Waals surface area (Å²) in [6.45, 7) is 2.93. The van der Waals surface area contributed by atoms with Crippen LogP contribution >= 0.6 is 11.6 Å². The van der Waals surface area contributed by atoms with Crippen LogP contribution in [-0.4, -0.2) is 44.8 Å². The van der Waals surface area contributed by atoms with E-state index >= 15 is 0 Å². The molecule has 9 heteroatoms. The maximum atomic E-state index is 13.1. The van der Waals surface area contributed by atoms with Crippen LogP contribution in [0, 0.1) is 6.92 Å². The first-order valence-electron chi connectivity index (χ1n) is 8.36. The Morgan fingerprint density at radius 1 is 1.19 bits per heavy atom. The highest BCUT2D eigenvalue weighted by Crippen LogP contribution is 2.28. The molecule has 1 aromatic carbocycles. The molecule has 0 bridgehead atoms. The third kappa shape index (κ3) is 2.98. The van der Waals surface area contributed by atoms with E-state index in [9.17, 15) is 8.42 Å². The van der Waals surface area contributed by atoms with Crippen LogP contribution in [0.4, 0.5) is 0 Å². The van der Waals surface area contributed by atoms with Crippen molar-refractivity contribution < 1.29 is 8.42 Å². The van der Waals surface area contributed by atoms with E-state index in [1.54, 1.807) is 22.8 Å². The molecule has 7 nitrogen and oxygen atoms in total. The Balaban J connectivity index is 1.64. The van der Waals surface area contributed by atoms with Gasteiger partial charge in [0.05, 0.1) is 11.2 Å². The lowest BCUT2D eigenvalue weighted by Crippen LogP contribution is -2.38. The highest BCUT2D eigenvalue weighted by molar-refractivity contribution is 7.89. The van der Waals surface area contributed by atoms with Crippen molar-refractivity contribution in [3.63, 3.8) is 0 Å². The van der Waals surface area contributed by atoms with Crippen molar-refractivity contribution in [2.75, 3.05) is 6.54 Å². The number of halogens is 1. The van der Waals surface area contributed by atoms with Gasteiger partial charge in [0.2, 0.25) is 10.0 Å². The van der Waals surface area contributed by atoms with E-state index in [1.807, 2.05) is 23.6 Å². The van der Waals surface area contributed by atoms with Crippen LogP contribution in [-0.2, 0) is 16.6 Å². The molecule has 0 aliphatic carbocycles. The van der Waals surface area contributed by atoms with Crippen molar-refractivity contribution in [1.29, 1.82) is 0 Å². The molecule has 1 saturated heterocycles. The molecule has 3 aromatic rings. The van der Waals surface area contributed by atoms with Crippen molar-refractivity contribution in [2.24, 2.45) is 0 Å². The van der Waals surface area contributed by atoms with E-state index in [1.165, 1.54) is 6.33 Å². The van der Waals surface area contributed by atoms with Gasteiger partial charge in [0.1, 0.15) is 11.8 Å². The highest BCUT2D eigenvalue weighted by Gasteiger charge is 2.35. The molecular formula is C17H18ClN5O2S. The molecule has 0 radical (unpaired) electrons. The average Bonchev–Trinajstić information content (AvgIpc) is 3.24. The number of rotatable bonds is 4. The normalized spacial score (nSPS) is 18.6. The summed E-state index contributed by atoms with van der Waals surface area (Å²) in [7, 11) is -3.53. The summed E-state index contributed by atoms with van der Waals surface area (Å²) in [5.41, 5.74) is 2.17. The number of hydrogen-bond acceptors (Lipinski definition) is 5. The highest BCUT2D eigenvalue weighted by atomic mass is 35.5. The van der Waals surface area contributed by atoms with E-state index in [4.69, 9.17) is 11.6 Å². The van der Waals surface area contributed by atoms with Crippen molar-refractivity contribution >= 4 is 32.8 Å². The summed E-state index contributed by atoms with van der Waals surface area (Å²) in [4.78, 5) is 12.7. The largest absolute Gasteiger partial charge is 0.314 e. The predicted molar refractivity (Wildman–Crippen MR) is 98.4 cm³/mol. The Morgan fingerprint density at radius 3 is 2.73 bits per heavy atom. The van der Waals surface area contributed by atoms with Crippen LogP contribution in [0.5, 0.6) is 0 Å². The zero-order valence-electron chi connectivity index (χ0n) is 14.2.